The molecule has 1 aromatic heterocycles. The van der Waals surface area contributed by atoms with Gasteiger partial charge in [-0.1, -0.05) is 12.1 Å². The molecule has 0 atom stereocenters. The van der Waals surface area contributed by atoms with E-state index in [1.807, 2.05) is 0 Å². The summed E-state index contributed by atoms with van der Waals surface area (Å²) in [5.74, 6) is -2.24. The van der Waals surface area contributed by atoms with E-state index in [9.17, 15) is 26.0 Å². The molecule has 9 heteroatoms. The van der Waals surface area contributed by atoms with Crippen molar-refractivity contribution in [3.8, 4) is 16.9 Å². The van der Waals surface area contributed by atoms with Gasteiger partial charge in [0.15, 0.2) is 9.84 Å². The zero-order chi connectivity index (χ0) is 19.9. The van der Waals surface area contributed by atoms with E-state index in [0.717, 1.165) is 22.6 Å². The molecular formula is C18H14F4N2O2S. The monoisotopic (exact) mass is 398 g/mol. The van der Waals surface area contributed by atoms with Crippen LogP contribution in [0.25, 0.3) is 16.9 Å². The standard InChI is InChI=1S/C18H14F4N2O2S/c1-10-4-3-5-11(6-10)24-16(9-15(23-24)18(21)22)12-7-14(20)17(8-13(12)19)27(2,25)26/h3-9,18H,1-2H3. The summed E-state index contributed by atoms with van der Waals surface area (Å²) < 4.78 is 79.3. The fraction of sp³-hybridized carbons (Fsp3) is 0.167. The summed E-state index contributed by atoms with van der Waals surface area (Å²) in [7, 11) is -3.99. The first kappa shape index (κ1) is 19.1. The molecule has 27 heavy (non-hydrogen) atoms. The normalized spacial score (nSPS) is 12.0. The second kappa shape index (κ2) is 6.80. The first-order valence-electron chi connectivity index (χ1n) is 7.72. The van der Waals surface area contributed by atoms with E-state index in [1.54, 1.807) is 31.2 Å². The molecule has 0 saturated heterocycles. The highest BCUT2D eigenvalue weighted by molar-refractivity contribution is 7.90. The van der Waals surface area contributed by atoms with E-state index in [4.69, 9.17) is 0 Å². The van der Waals surface area contributed by atoms with Crippen molar-refractivity contribution in [1.29, 1.82) is 0 Å². The number of aromatic nitrogens is 2. The summed E-state index contributed by atoms with van der Waals surface area (Å²) in [5.41, 5.74) is 0.0854. The molecule has 3 rings (SSSR count). The quantitative estimate of drug-likeness (QED) is 0.610. The Balaban J connectivity index is 2.27. The van der Waals surface area contributed by atoms with Gasteiger partial charge in [0.05, 0.1) is 11.4 Å². The zero-order valence-corrected chi connectivity index (χ0v) is 15.1. The van der Waals surface area contributed by atoms with Crippen LogP contribution in [0.2, 0.25) is 0 Å². The molecule has 0 unspecified atom stereocenters. The Hall–Kier alpha value is -2.68. The van der Waals surface area contributed by atoms with E-state index < -0.39 is 38.5 Å². The lowest BCUT2D eigenvalue weighted by atomic mass is 10.1. The number of nitrogens with zero attached hydrogens (tertiary/aromatic N) is 2. The van der Waals surface area contributed by atoms with Gasteiger partial charge in [0.2, 0.25) is 0 Å². The molecule has 2 aromatic carbocycles. The van der Waals surface area contributed by atoms with Crippen LogP contribution in [0.1, 0.15) is 17.7 Å². The van der Waals surface area contributed by atoms with E-state index in [-0.39, 0.29) is 11.3 Å². The highest BCUT2D eigenvalue weighted by atomic mass is 32.2. The summed E-state index contributed by atoms with van der Waals surface area (Å²) in [6.07, 6.45) is -2.17. The van der Waals surface area contributed by atoms with Crippen molar-refractivity contribution >= 4 is 9.84 Å². The van der Waals surface area contributed by atoms with Crippen molar-refractivity contribution in [3.63, 3.8) is 0 Å². The Morgan fingerprint density at radius 2 is 1.74 bits per heavy atom. The van der Waals surface area contributed by atoms with Crippen molar-refractivity contribution in [2.24, 2.45) is 0 Å². The number of hydrogen-bond donors (Lipinski definition) is 0. The van der Waals surface area contributed by atoms with Crippen LogP contribution in [-0.4, -0.2) is 24.5 Å². The first-order valence-corrected chi connectivity index (χ1v) is 9.61. The first-order chi connectivity index (χ1) is 12.6. The smallest absolute Gasteiger partial charge is 0.233 e. The SMILES string of the molecule is Cc1cccc(-n2nc(C(F)F)cc2-c2cc(F)c(S(C)(=O)=O)cc2F)c1. The van der Waals surface area contributed by atoms with Crippen LogP contribution in [-0.2, 0) is 9.84 Å². The van der Waals surface area contributed by atoms with Crippen LogP contribution in [0.4, 0.5) is 17.6 Å². The minimum absolute atomic E-state index is 0.118. The molecule has 0 radical (unpaired) electrons. The molecule has 142 valence electrons. The molecular weight excluding hydrogens is 384 g/mol. The van der Waals surface area contributed by atoms with Gasteiger partial charge in [-0.3, -0.25) is 0 Å². The summed E-state index contributed by atoms with van der Waals surface area (Å²) in [6.45, 7) is 1.78. The van der Waals surface area contributed by atoms with Gasteiger partial charge in [-0.15, -0.1) is 0 Å². The molecule has 0 saturated carbocycles. The second-order valence-electron chi connectivity index (χ2n) is 6.04. The number of sulfone groups is 1. The largest absolute Gasteiger partial charge is 0.282 e. The average Bonchev–Trinajstić information content (AvgIpc) is 3.01. The highest BCUT2D eigenvalue weighted by Crippen LogP contribution is 2.32. The molecule has 0 N–H and O–H groups in total. The van der Waals surface area contributed by atoms with Gasteiger partial charge in [-0.2, -0.15) is 5.10 Å². The van der Waals surface area contributed by atoms with E-state index in [0.29, 0.717) is 17.8 Å². The number of hydrogen-bond acceptors (Lipinski definition) is 3. The van der Waals surface area contributed by atoms with E-state index in [1.165, 1.54) is 0 Å². The van der Waals surface area contributed by atoms with Gasteiger partial charge in [0.1, 0.15) is 22.2 Å². The molecule has 0 fully saturated rings. The molecule has 0 amide bonds. The maximum Gasteiger partial charge on any atom is 0.282 e. The lowest BCUT2D eigenvalue weighted by Gasteiger charge is -2.11. The highest BCUT2D eigenvalue weighted by Gasteiger charge is 2.23. The van der Waals surface area contributed by atoms with E-state index >= 15 is 0 Å². The Kier molecular flexibility index (Phi) is 4.81. The fourth-order valence-electron chi connectivity index (χ4n) is 2.66. The van der Waals surface area contributed by atoms with Crippen molar-refractivity contribution in [2.75, 3.05) is 6.26 Å². The fourth-order valence-corrected chi connectivity index (χ4v) is 3.39. The van der Waals surface area contributed by atoms with Crippen LogP contribution in [0.3, 0.4) is 0 Å². The second-order valence-corrected chi connectivity index (χ2v) is 8.02. The number of aryl methyl sites for hydroxylation is 1. The Morgan fingerprint density at radius 3 is 2.33 bits per heavy atom. The third-order valence-corrected chi connectivity index (χ3v) is 5.01. The van der Waals surface area contributed by atoms with E-state index in [2.05, 4.69) is 5.10 Å². The maximum atomic E-state index is 14.6. The Morgan fingerprint density at radius 1 is 1.04 bits per heavy atom. The molecule has 0 aliphatic heterocycles. The number of halogens is 4. The summed E-state index contributed by atoms with van der Waals surface area (Å²) in [5, 5.41) is 3.80. The minimum atomic E-state index is -3.99. The molecule has 0 bridgehead atoms. The minimum Gasteiger partial charge on any atom is -0.233 e. The number of rotatable bonds is 4. The summed E-state index contributed by atoms with van der Waals surface area (Å²) in [4.78, 5) is -0.806. The van der Waals surface area contributed by atoms with Gasteiger partial charge in [-0.25, -0.2) is 30.7 Å². The van der Waals surface area contributed by atoms with Crippen LogP contribution < -0.4 is 0 Å². The van der Waals surface area contributed by atoms with Crippen LogP contribution in [0, 0.1) is 18.6 Å². The van der Waals surface area contributed by atoms with Gasteiger partial charge in [0.25, 0.3) is 6.43 Å². The van der Waals surface area contributed by atoms with Gasteiger partial charge in [-0.05, 0) is 42.8 Å². The van der Waals surface area contributed by atoms with Crippen molar-refractivity contribution in [2.45, 2.75) is 18.2 Å². The van der Waals surface area contributed by atoms with Crippen LogP contribution in [0.5, 0.6) is 0 Å². The predicted molar refractivity (Wildman–Crippen MR) is 91.7 cm³/mol. The number of alkyl halides is 2. The van der Waals surface area contributed by atoms with Gasteiger partial charge < -0.3 is 0 Å². The number of benzene rings is 2. The van der Waals surface area contributed by atoms with Crippen molar-refractivity contribution in [1.82, 2.24) is 9.78 Å². The Bertz CT molecular complexity index is 1120. The zero-order valence-electron chi connectivity index (χ0n) is 14.2. The molecule has 3 aromatic rings. The molecule has 0 aliphatic rings. The molecule has 0 spiro atoms. The molecule has 1 heterocycles. The molecule has 0 aliphatic carbocycles. The lowest BCUT2D eigenvalue weighted by molar-refractivity contribution is 0.145. The molecule has 4 nitrogen and oxygen atoms in total. The predicted octanol–water partition coefficient (Wildman–Crippen LogP) is 4.47. The van der Waals surface area contributed by atoms with Crippen LogP contribution >= 0.6 is 0 Å². The van der Waals surface area contributed by atoms with Crippen molar-refractivity contribution < 1.29 is 26.0 Å². The van der Waals surface area contributed by atoms with Gasteiger partial charge in [0, 0.05) is 11.8 Å². The third kappa shape index (κ3) is 3.73. The topological polar surface area (TPSA) is 52.0 Å². The third-order valence-electron chi connectivity index (χ3n) is 3.90. The average molecular weight is 398 g/mol. The van der Waals surface area contributed by atoms with Crippen molar-refractivity contribution in [3.05, 3.63) is 65.4 Å². The summed E-state index contributed by atoms with van der Waals surface area (Å²) in [6, 6.07) is 8.83. The van der Waals surface area contributed by atoms with Crippen LogP contribution in [0.15, 0.2) is 47.4 Å². The maximum absolute atomic E-state index is 14.6. The lowest BCUT2D eigenvalue weighted by Crippen LogP contribution is -2.05. The Labute approximate surface area is 153 Å². The summed E-state index contributed by atoms with van der Waals surface area (Å²) >= 11 is 0. The van der Waals surface area contributed by atoms with Gasteiger partial charge >= 0.3 is 0 Å².